The maximum atomic E-state index is 10.6. The molecule has 1 heterocycles. The number of halogens is 1. The Hall–Kier alpha value is -1.55. The van der Waals surface area contributed by atoms with E-state index in [1.807, 2.05) is 0 Å². The standard InChI is InChI=1S/C8H5ClN2O2/c9-6-1-4(8(12)13)2-7-5(6)3-10-11-7/h1-3H,(H,10,11)(H,12,13). The fraction of sp³-hybridized carbons (Fsp3) is 0. The van der Waals surface area contributed by atoms with Crippen LogP contribution in [0.3, 0.4) is 0 Å². The van der Waals surface area contributed by atoms with E-state index >= 15 is 0 Å². The maximum Gasteiger partial charge on any atom is 0.335 e. The minimum Gasteiger partial charge on any atom is -0.478 e. The Kier molecular flexibility index (Phi) is 1.70. The molecule has 0 fully saturated rings. The van der Waals surface area contributed by atoms with E-state index < -0.39 is 5.97 Å². The molecule has 5 heteroatoms. The van der Waals surface area contributed by atoms with Crippen molar-refractivity contribution in [2.75, 3.05) is 0 Å². The van der Waals surface area contributed by atoms with Gasteiger partial charge in [-0.25, -0.2) is 4.79 Å². The predicted molar refractivity (Wildman–Crippen MR) is 48.1 cm³/mol. The molecule has 2 rings (SSSR count). The number of nitrogens with zero attached hydrogens (tertiary/aromatic N) is 1. The van der Waals surface area contributed by atoms with Gasteiger partial charge in [-0.3, -0.25) is 5.10 Å². The van der Waals surface area contributed by atoms with Crippen molar-refractivity contribution < 1.29 is 9.90 Å². The van der Waals surface area contributed by atoms with Crippen molar-refractivity contribution in [1.82, 2.24) is 10.2 Å². The minimum atomic E-state index is -1.00. The van der Waals surface area contributed by atoms with E-state index in [-0.39, 0.29) is 5.56 Å². The Morgan fingerprint density at radius 2 is 2.31 bits per heavy atom. The number of hydrogen-bond acceptors (Lipinski definition) is 2. The molecule has 0 saturated heterocycles. The number of H-pyrrole nitrogens is 1. The summed E-state index contributed by atoms with van der Waals surface area (Å²) >= 11 is 5.82. The van der Waals surface area contributed by atoms with E-state index in [4.69, 9.17) is 16.7 Å². The van der Waals surface area contributed by atoms with Crippen LogP contribution in [0.1, 0.15) is 10.4 Å². The summed E-state index contributed by atoms with van der Waals surface area (Å²) in [6.07, 6.45) is 1.56. The molecule has 0 unspecified atom stereocenters. The van der Waals surface area contributed by atoms with Crippen LogP contribution in [0.25, 0.3) is 10.9 Å². The average Bonchev–Trinajstić information content (AvgIpc) is 2.51. The Labute approximate surface area is 78.1 Å². The second-order valence-corrected chi connectivity index (χ2v) is 3.00. The van der Waals surface area contributed by atoms with Gasteiger partial charge in [0, 0.05) is 5.39 Å². The second-order valence-electron chi connectivity index (χ2n) is 2.59. The molecule has 4 nitrogen and oxygen atoms in total. The number of aromatic amines is 1. The molecule has 13 heavy (non-hydrogen) atoms. The molecule has 0 aliphatic carbocycles. The number of hydrogen-bond donors (Lipinski definition) is 2. The van der Waals surface area contributed by atoms with Crippen LogP contribution in [-0.4, -0.2) is 21.3 Å². The van der Waals surface area contributed by atoms with Gasteiger partial charge in [-0.2, -0.15) is 5.10 Å². The number of carboxylic acid groups (broad SMARTS) is 1. The summed E-state index contributed by atoms with van der Waals surface area (Å²) in [5.74, 6) is -1.00. The van der Waals surface area contributed by atoms with Gasteiger partial charge in [0.2, 0.25) is 0 Å². The van der Waals surface area contributed by atoms with Crippen molar-refractivity contribution in [3.05, 3.63) is 28.9 Å². The molecular formula is C8H5ClN2O2. The normalized spacial score (nSPS) is 10.5. The first-order valence-corrected chi connectivity index (χ1v) is 3.92. The highest BCUT2D eigenvalue weighted by atomic mass is 35.5. The lowest BCUT2D eigenvalue weighted by atomic mass is 10.2. The summed E-state index contributed by atoms with van der Waals surface area (Å²) in [6.45, 7) is 0. The third kappa shape index (κ3) is 1.25. The molecule has 2 N–H and O–H groups in total. The van der Waals surface area contributed by atoms with E-state index in [0.29, 0.717) is 10.5 Å². The fourth-order valence-corrected chi connectivity index (χ4v) is 1.40. The van der Waals surface area contributed by atoms with E-state index in [0.717, 1.165) is 5.39 Å². The van der Waals surface area contributed by atoms with Crippen molar-refractivity contribution in [3.8, 4) is 0 Å². The van der Waals surface area contributed by atoms with Crippen LogP contribution in [-0.2, 0) is 0 Å². The molecule has 0 bridgehead atoms. The number of fused-ring (bicyclic) bond motifs is 1. The van der Waals surface area contributed by atoms with Gasteiger partial charge in [-0.15, -0.1) is 0 Å². The first-order valence-electron chi connectivity index (χ1n) is 3.54. The molecule has 0 aliphatic rings. The zero-order valence-electron chi connectivity index (χ0n) is 6.41. The first kappa shape index (κ1) is 8.07. The van der Waals surface area contributed by atoms with Gasteiger partial charge in [-0.1, -0.05) is 11.6 Å². The average molecular weight is 197 g/mol. The van der Waals surface area contributed by atoms with Crippen molar-refractivity contribution in [3.63, 3.8) is 0 Å². The van der Waals surface area contributed by atoms with Crippen molar-refractivity contribution in [2.45, 2.75) is 0 Å². The molecule has 0 amide bonds. The van der Waals surface area contributed by atoms with E-state index in [9.17, 15) is 4.79 Å². The highest BCUT2D eigenvalue weighted by Gasteiger charge is 2.08. The molecular weight excluding hydrogens is 192 g/mol. The number of carboxylic acids is 1. The summed E-state index contributed by atoms with van der Waals surface area (Å²) in [6, 6.07) is 2.90. The van der Waals surface area contributed by atoms with Gasteiger partial charge in [0.05, 0.1) is 22.3 Å². The lowest BCUT2D eigenvalue weighted by molar-refractivity contribution is 0.0697. The number of benzene rings is 1. The molecule has 0 spiro atoms. The van der Waals surface area contributed by atoms with Gasteiger partial charge < -0.3 is 5.11 Å². The Bertz CT molecular complexity index is 478. The maximum absolute atomic E-state index is 10.6. The zero-order chi connectivity index (χ0) is 9.42. The van der Waals surface area contributed by atoms with E-state index in [1.165, 1.54) is 12.1 Å². The summed E-state index contributed by atoms with van der Waals surface area (Å²) in [5, 5.41) is 16.3. The molecule has 1 aromatic heterocycles. The molecule has 1 aromatic carbocycles. The minimum absolute atomic E-state index is 0.154. The van der Waals surface area contributed by atoms with Crippen LogP contribution < -0.4 is 0 Å². The molecule has 0 saturated carbocycles. The van der Waals surface area contributed by atoms with E-state index in [2.05, 4.69) is 10.2 Å². The van der Waals surface area contributed by atoms with Crippen LogP contribution in [0.4, 0.5) is 0 Å². The third-order valence-corrected chi connectivity index (χ3v) is 2.07. The lowest BCUT2D eigenvalue weighted by Crippen LogP contribution is -1.95. The molecule has 0 atom stereocenters. The van der Waals surface area contributed by atoms with Crippen LogP contribution in [0.5, 0.6) is 0 Å². The van der Waals surface area contributed by atoms with Crippen LogP contribution in [0, 0.1) is 0 Å². The van der Waals surface area contributed by atoms with Crippen LogP contribution in [0.2, 0.25) is 5.02 Å². The number of aromatic carboxylic acids is 1. The quantitative estimate of drug-likeness (QED) is 0.732. The summed E-state index contributed by atoms with van der Waals surface area (Å²) < 4.78 is 0. The number of nitrogens with one attached hydrogen (secondary N) is 1. The highest BCUT2D eigenvalue weighted by Crippen LogP contribution is 2.23. The summed E-state index contributed by atoms with van der Waals surface area (Å²) in [4.78, 5) is 10.6. The van der Waals surface area contributed by atoms with Gasteiger partial charge in [-0.05, 0) is 12.1 Å². The summed E-state index contributed by atoms with van der Waals surface area (Å²) in [7, 11) is 0. The van der Waals surface area contributed by atoms with Crippen molar-refractivity contribution in [1.29, 1.82) is 0 Å². The topological polar surface area (TPSA) is 66.0 Å². The second kappa shape index (κ2) is 2.74. The van der Waals surface area contributed by atoms with E-state index in [1.54, 1.807) is 6.20 Å². The fourth-order valence-electron chi connectivity index (χ4n) is 1.13. The largest absolute Gasteiger partial charge is 0.478 e. The van der Waals surface area contributed by atoms with Gasteiger partial charge in [0.15, 0.2) is 0 Å². The van der Waals surface area contributed by atoms with Gasteiger partial charge in [0.25, 0.3) is 0 Å². The molecule has 0 radical (unpaired) electrons. The number of carbonyl (C=O) groups is 1. The summed E-state index contributed by atoms with van der Waals surface area (Å²) in [5.41, 5.74) is 0.784. The van der Waals surface area contributed by atoms with Crippen LogP contribution in [0.15, 0.2) is 18.3 Å². The van der Waals surface area contributed by atoms with Gasteiger partial charge in [0.1, 0.15) is 0 Å². The van der Waals surface area contributed by atoms with Crippen molar-refractivity contribution >= 4 is 28.5 Å². The Balaban J connectivity index is 2.77. The predicted octanol–water partition coefficient (Wildman–Crippen LogP) is 1.91. The monoisotopic (exact) mass is 196 g/mol. The zero-order valence-corrected chi connectivity index (χ0v) is 7.17. The first-order chi connectivity index (χ1) is 6.18. The van der Waals surface area contributed by atoms with Crippen molar-refractivity contribution in [2.24, 2.45) is 0 Å². The lowest BCUT2D eigenvalue weighted by Gasteiger charge is -1.96. The van der Waals surface area contributed by atoms with Gasteiger partial charge >= 0.3 is 5.97 Å². The molecule has 0 aliphatic heterocycles. The smallest absolute Gasteiger partial charge is 0.335 e. The molecule has 66 valence electrons. The SMILES string of the molecule is O=C(O)c1cc(Cl)c2cn[nH]c2c1. The Morgan fingerprint density at radius 3 is 3.00 bits per heavy atom. The molecule has 2 aromatic rings. The number of rotatable bonds is 1. The number of aromatic nitrogens is 2. The van der Waals surface area contributed by atoms with Crippen LogP contribution >= 0.6 is 11.6 Å². The Morgan fingerprint density at radius 1 is 1.54 bits per heavy atom. The highest BCUT2D eigenvalue weighted by molar-refractivity contribution is 6.35. The third-order valence-electron chi connectivity index (χ3n) is 1.76.